The maximum absolute atomic E-state index is 13.0. The van der Waals surface area contributed by atoms with Gasteiger partial charge in [0.15, 0.2) is 10.9 Å². The number of rotatable bonds is 5. The average Bonchev–Trinajstić information content (AvgIpc) is 2.47. The van der Waals surface area contributed by atoms with E-state index in [-0.39, 0.29) is 23.1 Å². The van der Waals surface area contributed by atoms with Gasteiger partial charge in [0.05, 0.1) is 0 Å². The molecule has 2 aromatic rings. The minimum absolute atomic E-state index is 0.0848. The molecule has 0 heterocycles. The molecule has 2 aromatic carbocycles. The topological polar surface area (TPSA) is 34.1 Å². The highest BCUT2D eigenvalue weighted by atomic mass is 32.2. The second-order valence-corrected chi connectivity index (χ2v) is 6.16. The summed E-state index contributed by atoms with van der Waals surface area (Å²) in [6.45, 7) is 1.42. The van der Waals surface area contributed by atoms with E-state index in [0.717, 1.165) is 11.8 Å². The third-order valence-corrected chi connectivity index (χ3v) is 4.14. The predicted octanol–water partition coefficient (Wildman–Crippen LogP) is 4.56. The Bertz CT molecular complexity index is 666. The summed E-state index contributed by atoms with van der Waals surface area (Å²) in [6.07, 6.45) is 0.0848. The van der Waals surface area contributed by atoms with Crippen molar-refractivity contribution >= 4 is 22.7 Å². The van der Waals surface area contributed by atoms with Gasteiger partial charge in [0.1, 0.15) is 11.6 Å². The summed E-state index contributed by atoms with van der Waals surface area (Å²) < 4.78 is 25.9. The Balaban J connectivity index is 2.19. The number of ketones is 1. The minimum atomic E-state index is -0.412. The summed E-state index contributed by atoms with van der Waals surface area (Å²) >= 11 is 1.03. The fraction of sp³-hybridized carbons (Fsp3) is 0.176. The van der Waals surface area contributed by atoms with Crippen LogP contribution in [0.1, 0.15) is 34.5 Å². The van der Waals surface area contributed by atoms with E-state index in [9.17, 15) is 18.4 Å². The molecule has 22 heavy (non-hydrogen) atoms. The zero-order chi connectivity index (χ0) is 16.1. The van der Waals surface area contributed by atoms with Crippen LogP contribution in [-0.4, -0.2) is 10.9 Å². The summed E-state index contributed by atoms with van der Waals surface area (Å²) in [5.74, 6) is -0.979. The molecule has 0 aliphatic rings. The van der Waals surface area contributed by atoms with Gasteiger partial charge in [-0.1, -0.05) is 23.9 Å². The Kier molecular flexibility index (Phi) is 5.44. The van der Waals surface area contributed by atoms with Gasteiger partial charge < -0.3 is 0 Å². The van der Waals surface area contributed by atoms with Crippen molar-refractivity contribution in [2.75, 3.05) is 0 Å². The molecule has 0 unspecified atom stereocenters. The molecule has 0 radical (unpaired) electrons. The molecule has 0 aromatic heterocycles. The Morgan fingerprint density at radius 3 is 1.95 bits per heavy atom. The Morgan fingerprint density at radius 2 is 1.45 bits per heavy atom. The zero-order valence-electron chi connectivity index (χ0n) is 11.9. The molecule has 114 valence electrons. The van der Waals surface area contributed by atoms with Gasteiger partial charge in [0.2, 0.25) is 0 Å². The summed E-state index contributed by atoms with van der Waals surface area (Å²) in [7, 11) is 0. The molecular formula is C17H14F2O2S. The van der Waals surface area contributed by atoms with Crippen molar-refractivity contribution < 1.29 is 18.4 Å². The monoisotopic (exact) mass is 320 g/mol. The lowest BCUT2D eigenvalue weighted by Gasteiger charge is -2.14. The quantitative estimate of drug-likeness (QED) is 0.757. The van der Waals surface area contributed by atoms with Crippen molar-refractivity contribution in [2.45, 2.75) is 18.6 Å². The molecule has 2 nitrogen and oxygen atoms in total. The molecule has 0 bridgehead atoms. The number of Topliss-reactive ketones (excluding diaryl/α,β-unsaturated/α-hetero) is 1. The number of hydrogen-bond acceptors (Lipinski definition) is 3. The van der Waals surface area contributed by atoms with Crippen LogP contribution in [-0.2, 0) is 4.79 Å². The molecule has 5 heteroatoms. The van der Waals surface area contributed by atoms with Crippen molar-refractivity contribution in [3.8, 4) is 0 Å². The van der Waals surface area contributed by atoms with Crippen LogP contribution in [0.5, 0.6) is 0 Å². The fourth-order valence-corrected chi connectivity index (χ4v) is 2.96. The SMILES string of the molecule is CC(=O)S[C@H](CC(=O)c1ccc(F)cc1)c1ccc(F)cc1. The summed E-state index contributed by atoms with van der Waals surface area (Å²) in [5, 5.41) is -0.517. The molecule has 0 saturated carbocycles. The Hall–Kier alpha value is -2.01. The maximum Gasteiger partial charge on any atom is 0.186 e. The normalized spacial score (nSPS) is 12.0. The highest BCUT2D eigenvalue weighted by molar-refractivity contribution is 8.13. The van der Waals surface area contributed by atoms with E-state index in [2.05, 4.69) is 0 Å². The molecule has 1 atom stereocenters. The molecule has 0 spiro atoms. The van der Waals surface area contributed by atoms with Crippen LogP contribution in [0.15, 0.2) is 48.5 Å². The standard InChI is InChI=1S/C17H14F2O2S/c1-11(20)22-17(13-4-8-15(19)9-5-13)10-16(21)12-2-6-14(18)7-3-12/h2-9,17H,10H2,1H3/t17-/m1/s1. The van der Waals surface area contributed by atoms with Gasteiger partial charge in [-0.3, -0.25) is 9.59 Å². The molecule has 0 amide bonds. The number of carbonyl (C=O) groups is 2. The highest BCUT2D eigenvalue weighted by Crippen LogP contribution is 2.33. The lowest BCUT2D eigenvalue weighted by molar-refractivity contribution is -0.109. The number of carbonyl (C=O) groups excluding carboxylic acids is 2. The van der Waals surface area contributed by atoms with Crippen LogP contribution in [0, 0.1) is 11.6 Å². The molecule has 2 rings (SSSR count). The van der Waals surface area contributed by atoms with Gasteiger partial charge in [-0.15, -0.1) is 0 Å². The smallest absolute Gasteiger partial charge is 0.186 e. The summed E-state index contributed by atoms with van der Waals surface area (Å²) in [5.41, 5.74) is 1.09. The summed E-state index contributed by atoms with van der Waals surface area (Å²) in [4.78, 5) is 23.7. The zero-order valence-corrected chi connectivity index (χ0v) is 12.7. The average molecular weight is 320 g/mol. The van der Waals surface area contributed by atoms with Crippen LogP contribution >= 0.6 is 11.8 Å². The molecule has 0 saturated heterocycles. The number of thioether (sulfide) groups is 1. The van der Waals surface area contributed by atoms with Crippen molar-refractivity contribution in [2.24, 2.45) is 0 Å². The second kappa shape index (κ2) is 7.31. The van der Waals surface area contributed by atoms with Crippen LogP contribution < -0.4 is 0 Å². The van der Waals surface area contributed by atoms with Gasteiger partial charge >= 0.3 is 0 Å². The fourth-order valence-electron chi connectivity index (χ4n) is 2.03. The third kappa shape index (κ3) is 4.49. The first-order chi connectivity index (χ1) is 10.5. The molecule has 0 fully saturated rings. The van der Waals surface area contributed by atoms with Gasteiger partial charge in [-0.05, 0) is 42.0 Å². The van der Waals surface area contributed by atoms with Crippen LogP contribution in [0.4, 0.5) is 8.78 Å². The third-order valence-electron chi connectivity index (χ3n) is 3.09. The molecule has 0 aliphatic carbocycles. The van der Waals surface area contributed by atoms with Crippen LogP contribution in [0.25, 0.3) is 0 Å². The van der Waals surface area contributed by atoms with E-state index >= 15 is 0 Å². The number of benzene rings is 2. The Morgan fingerprint density at radius 1 is 0.955 bits per heavy atom. The first kappa shape index (κ1) is 16.4. The lowest BCUT2D eigenvalue weighted by atomic mass is 10.0. The van der Waals surface area contributed by atoms with E-state index in [4.69, 9.17) is 0 Å². The minimum Gasteiger partial charge on any atom is -0.294 e. The predicted molar refractivity (Wildman–Crippen MR) is 82.8 cm³/mol. The number of hydrogen-bond donors (Lipinski definition) is 0. The van der Waals surface area contributed by atoms with Crippen molar-refractivity contribution in [1.82, 2.24) is 0 Å². The van der Waals surface area contributed by atoms with Gasteiger partial charge in [-0.2, -0.15) is 0 Å². The van der Waals surface area contributed by atoms with Gasteiger partial charge in [0, 0.05) is 24.2 Å². The van der Waals surface area contributed by atoms with Crippen LogP contribution in [0.2, 0.25) is 0 Å². The van der Waals surface area contributed by atoms with E-state index in [1.54, 1.807) is 12.1 Å². The molecular weight excluding hydrogens is 306 g/mol. The first-order valence-electron chi connectivity index (χ1n) is 6.67. The highest BCUT2D eigenvalue weighted by Gasteiger charge is 2.20. The molecule has 0 aliphatic heterocycles. The maximum atomic E-state index is 13.0. The van der Waals surface area contributed by atoms with E-state index in [1.807, 2.05) is 0 Å². The van der Waals surface area contributed by atoms with E-state index in [1.165, 1.54) is 43.3 Å². The molecule has 0 N–H and O–H groups in total. The van der Waals surface area contributed by atoms with Crippen LogP contribution in [0.3, 0.4) is 0 Å². The lowest BCUT2D eigenvalue weighted by Crippen LogP contribution is -2.07. The Labute approximate surface area is 131 Å². The van der Waals surface area contributed by atoms with Crippen molar-refractivity contribution in [3.63, 3.8) is 0 Å². The first-order valence-corrected chi connectivity index (χ1v) is 7.55. The van der Waals surface area contributed by atoms with Gasteiger partial charge in [-0.25, -0.2) is 8.78 Å². The second-order valence-electron chi connectivity index (χ2n) is 4.78. The largest absolute Gasteiger partial charge is 0.294 e. The van der Waals surface area contributed by atoms with E-state index in [0.29, 0.717) is 11.1 Å². The van der Waals surface area contributed by atoms with E-state index < -0.39 is 11.1 Å². The van der Waals surface area contributed by atoms with Crippen molar-refractivity contribution in [1.29, 1.82) is 0 Å². The summed E-state index contributed by atoms with van der Waals surface area (Å²) in [6, 6.07) is 11.0. The number of halogens is 2. The van der Waals surface area contributed by atoms with Gasteiger partial charge in [0.25, 0.3) is 0 Å². The van der Waals surface area contributed by atoms with Crippen molar-refractivity contribution in [3.05, 3.63) is 71.3 Å².